The van der Waals surface area contributed by atoms with Gasteiger partial charge in [0, 0.05) is 24.1 Å². The molecule has 2 saturated carbocycles. The van der Waals surface area contributed by atoms with Gasteiger partial charge in [0.1, 0.15) is 5.84 Å². The molecular weight excluding hydrogens is 367 g/mol. The van der Waals surface area contributed by atoms with E-state index in [1.54, 1.807) is 0 Å². The summed E-state index contributed by atoms with van der Waals surface area (Å²) in [6.07, 6.45) is 3.54. The van der Waals surface area contributed by atoms with E-state index in [-0.39, 0.29) is 42.5 Å². The third-order valence-corrected chi connectivity index (χ3v) is 6.57. The third-order valence-electron chi connectivity index (χ3n) is 6.57. The van der Waals surface area contributed by atoms with Crippen molar-refractivity contribution < 1.29 is 18.0 Å². The number of dihydropyridines is 1. The van der Waals surface area contributed by atoms with Crippen molar-refractivity contribution in [1.82, 2.24) is 10.6 Å². The van der Waals surface area contributed by atoms with Crippen LogP contribution in [-0.2, 0) is 4.79 Å². The highest BCUT2D eigenvalue weighted by Crippen LogP contribution is 2.34. The Kier molecular flexibility index (Phi) is 6.71. The lowest BCUT2D eigenvalue weighted by molar-refractivity contribution is -0.121. The lowest BCUT2D eigenvalue weighted by Crippen LogP contribution is -2.47. The number of halogens is 3. The number of nitrogens with zero attached hydrogens (tertiary/aromatic N) is 1. The standard InChI is InChI=1S/C21H32F3N3O/c1-13-7-6-8-14(2)19(13)27-20(28)16-12-25-18(11-17(16)21(22,23)24)26-15-9-4-3-5-10-15/h13-15,19H,3-12H2,1-2H3,(H,25,26)(H,27,28). The van der Waals surface area contributed by atoms with Gasteiger partial charge in [0.2, 0.25) is 5.91 Å². The van der Waals surface area contributed by atoms with Gasteiger partial charge in [-0.3, -0.25) is 9.79 Å². The van der Waals surface area contributed by atoms with E-state index in [4.69, 9.17) is 0 Å². The molecular formula is C21H32F3N3O. The quantitative estimate of drug-likeness (QED) is 0.734. The Morgan fingerprint density at radius 2 is 1.64 bits per heavy atom. The maximum Gasteiger partial charge on any atom is 0.413 e. The van der Waals surface area contributed by atoms with E-state index >= 15 is 0 Å². The van der Waals surface area contributed by atoms with E-state index in [0.29, 0.717) is 5.84 Å². The first kappa shape index (κ1) is 21.2. The molecule has 158 valence electrons. The predicted molar refractivity (Wildman–Crippen MR) is 104 cm³/mol. The van der Waals surface area contributed by atoms with E-state index < -0.39 is 17.7 Å². The minimum absolute atomic E-state index is 0.0750. The Labute approximate surface area is 165 Å². The van der Waals surface area contributed by atoms with Crippen molar-refractivity contribution in [2.75, 3.05) is 6.54 Å². The molecule has 3 rings (SSSR count). The first-order chi connectivity index (χ1) is 13.3. The smallest absolute Gasteiger partial charge is 0.371 e. The summed E-state index contributed by atoms with van der Waals surface area (Å²) in [6, 6.07) is 0.121. The van der Waals surface area contributed by atoms with E-state index in [2.05, 4.69) is 29.5 Å². The van der Waals surface area contributed by atoms with Gasteiger partial charge in [0.25, 0.3) is 0 Å². The van der Waals surface area contributed by atoms with Gasteiger partial charge in [-0.2, -0.15) is 13.2 Å². The Bertz CT molecular complexity index is 625. The van der Waals surface area contributed by atoms with Crippen LogP contribution >= 0.6 is 0 Å². The van der Waals surface area contributed by atoms with Gasteiger partial charge in [0.15, 0.2) is 0 Å². The van der Waals surface area contributed by atoms with E-state index in [1.165, 1.54) is 6.42 Å². The maximum atomic E-state index is 13.7. The van der Waals surface area contributed by atoms with Crippen molar-refractivity contribution in [3.63, 3.8) is 0 Å². The highest BCUT2D eigenvalue weighted by atomic mass is 19.4. The molecule has 3 aliphatic rings. The van der Waals surface area contributed by atoms with Crippen molar-refractivity contribution in [1.29, 1.82) is 0 Å². The van der Waals surface area contributed by atoms with Crippen LogP contribution in [0, 0.1) is 11.8 Å². The molecule has 0 saturated heterocycles. The van der Waals surface area contributed by atoms with Gasteiger partial charge in [-0.05, 0) is 37.5 Å². The second kappa shape index (κ2) is 8.87. The topological polar surface area (TPSA) is 53.5 Å². The molecule has 1 aliphatic heterocycles. The Morgan fingerprint density at radius 3 is 2.25 bits per heavy atom. The molecule has 0 bridgehead atoms. The third kappa shape index (κ3) is 5.09. The largest absolute Gasteiger partial charge is 0.413 e. The number of amidine groups is 1. The predicted octanol–water partition coefficient (Wildman–Crippen LogP) is 4.51. The first-order valence-electron chi connectivity index (χ1n) is 10.7. The summed E-state index contributed by atoms with van der Waals surface area (Å²) >= 11 is 0. The molecule has 1 heterocycles. The monoisotopic (exact) mass is 399 g/mol. The minimum atomic E-state index is -4.52. The van der Waals surface area contributed by atoms with Crippen LogP contribution in [0.2, 0.25) is 0 Å². The molecule has 2 atom stereocenters. The molecule has 0 radical (unpaired) electrons. The highest BCUT2D eigenvalue weighted by Gasteiger charge is 2.41. The van der Waals surface area contributed by atoms with E-state index in [0.717, 1.165) is 44.9 Å². The minimum Gasteiger partial charge on any atom is -0.371 e. The molecule has 28 heavy (non-hydrogen) atoms. The zero-order valence-corrected chi connectivity index (χ0v) is 16.9. The van der Waals surface area contributed by atoms with Crippen molar-refractivity contribution >= 4 is 11.7 Å². The number of carbonyl (C=O) groups excluding carboxylic acids is 1. The number of alkyl halides is 3. The Balaban J connectivity index is 1.71. The van der Waals surface area contributed by atoms with Crippen LogP contribution < -0.4 is 10.6 Å². The molecule has 2 fully saturated rings. The lowest BCUT2D eigenvalue weighted by Gasteiger charge is -2.36. The molecule has 2 unspecified atom stereocenters. The van der Waals surface area contributed by atoms with Crippen LogP contribution in [0.15, 0.2) is 16.1 Å². The fourth-order valence-electron chi connectivity index (χ4n) is 4.86. The van der Waals surface area contributed by atoms with Crippen molar-refractivity contribution in [2.45, 2.75) is 89.9 Å². The first-order valence-corrected chi connectivity index (χ1v) is 10.7. The molecule has 0 aromatic heterocycles. The van der Waals surface area contributed by atoms with E-state index in [9.17, 15) is 18.0 Å². The van der Waals surface area contributed by atoms with Gasteiger partial charge < -0.3 is 10.6 Å². The normalized spacial score (nSPS) is 30.0. The molecule has 7 heteroatoms. The highest BCUT2D eigenvalue weighted by molar-refractivity contribution is 5.99. The van der Waals surface area contributed by atoms with E-state index in [1.807, 2.05) is 0 Å². The number of aliphatic imine (C=N–C) groups is 1. The van der Waals surface area contributed by atoms with Crippen molar-refractivity contribution in [3.8, 4) is 0 Å². The summed E-state index contributed by atoms with van der Waals surface area (Å²) < 4.78 is 41.1. The molecule has 0 spiro atoms. The van der Waals surface area contributed by atoms with Crippen LogP contribution in [0.3, 0.4) is 0 Å². The zero-order valence-electron chi connectivity index (χ0n) is 16.9. The number of rotatable bonds is 3. The number of nitrogens with one attached hydrogen (secondary N) is 2. The summed E-state index contributed by atoms with van der Waals surface area (Å²) in [5, 5.41) is 6.10. The van der Waals surface area contributed by atoms with Gasteiger partial charge in [-0.15, -0.1) is 0 Å². The molecule has 2 N–H and O–H groups in total. The summed E-state index contributed by atoms with van der Waals surface area (Å²) in [7, 11) is 0. The average Bonchev–Trinajstić information content (AvgIpc) is 2.65. The van der Waals surface area contributed by atoms with Gasteiger partial charge in [-0.25, -0.2) is 0 Å². The zero-order chi connectivity index (χ0) is 20.3. The number of hydrogen-bond acceptors (Lipinski definition) is 3. The second-order valence-corrected chi connectivity index (χ2v) is 8.76. The Morgan fingerprint density at radius 1 is 1.00 bits per heavy atom. The fourth-order valence-corrected chi connectivity index (χ4v) is 4.86. The van der Waals surface area contributed by atoms with Crippen molar-refractivity contribution in [2.24, 2.45) is 16.8 Å². The summed E-state index contributed by atoms with van der Waals surface area (Å²) in [5.41, 5.74) is -0.957. The molecule has 0 aromatic rings. The molecule has 2 aliphatic carbocycles. The fraction of sp³-hybridized carbons (Fsp3) is 0.810. The van der Waals surface area contributed by atoms with Crippen molar-refractivity contribution in [3.05, 3.63) is 11.1 Å². The van der Waals surface area contributed by atoms with Crippen LogP contribution in [0.5, 0.6) is 0 Å². The molecule has 4 nitrogen and oxygen atoms in total. The maximum absolute atomic E-state index is 13.7. The second-order valence-electron chi connectivity index (χ2n) is 8.76. The van der Waals surface area contributed by atoms with Crippen LogP contribution in [0.4, 0.5) is 13.2 Å². The number of carbonyl (C=O) groups is 1. The van der Waals surface area contributed by atoms with Crippen LogP contribution in [0.25, 0.3) is 0 Å². The number of amides is 1. The van der Waals surface area contributed by atoms with Gasteiger partial charge in [-0.1, -0.05) is 39.5 Å². The van der Waals surface area contributed by atoms with Gasteiger partial charge >= 0.3 is 6.18 Å². The summed E-state index contributed by atoms with van der Waals surface area (Å²) in [4.78, 5) is 17.1. The molecule has 0 aromatic carbocycles. The number of hydrogen-bond donors (Lipinski definition) is 2. The lowest BCUT2D eigenvalue weighted by atomic mass is 9.78. The molecule has 1 amide bonds. The van der Waals surface area contributed by atoms with Gasteiger partial charge in [0.05, 0.1) is 12.1 Å². The average molecular weight is 400 g/mol. The SMILES string of the molecule is CC1CCCC(C)C1NC(=O)C1=C(C(F)(F)F)CC(NC2CCCCC2)=NC1. The van der Waals surface area contributed by atoms with Crippen LogP contribution in [0.1, 0.15) is 71.6 Å². The summed E-state index contributed by atoms with van der Waals surface area (Å²) in [6.45, 7) is 3.92. The summed E-state index contributed by atoms with van der Waals surface area (Å²) in [5.74, 6) is 0.324. The van der Waals surface area contributed by atoms with Crippen LogP contribution in [-0.4, -0.2) is 36.5 Å². The Hall–Kier alpha value is -1.53.